The Bertz CT molecular complexity index is 289. The zero-order valence-electron chi connectivity index (χ0n) is 11.6. The van der Waals surface area contributed by atoms with Crippen molar-refractivity contribution >= 4 is 6.09 Å². The zero-order valence-corrected chi connectivity index (χ0v) is 11.6. The van der Waals surface area contributed by atoms with Crippen molar-refractivity contribution in [1.29, 1.82) is 0 Å². The Labute approximate surface area is 109 Å². The fraction of sp³-hybridized carbons (Fsp3) is 0.923. The van der Waals surface area contributed by atoms with E-state index >= 15 is 0 Å². The Hall–Kier alpha value is -0.810. The van der Waals surface area contributed by atoms with Crippen molar-refractivity contribution in [3.8, 4) is 0 Å². The van der Waals surface area contributed by atoms with Crippen LogP contribution < -0.4 is 16.2 Å². The van der Waals surface area contributed by atoms with Gasteiger partial charge in [0.05, 0.1) is 0 Å². The molecule has 0 spiro atoms. The maximum absolute atomic E-state index is 11.5. The standard InChI is InChI=1S/C13H25N3O2/c1-13(2,3)18-12(17)16-15-11-7-9-5-4-6-10(8-11)14-9/h9-11,14-15H,4-8H2,1-3H3,(H,16,17). The fourth-order valence-electron chi connectivity index (χ4n) is 2.85. The molecule has 2 saturated heterocycles. The van der Waals surface area contributed by atoms with E-state index in [2.05, 4.69) is 16.2 Å². The summed E-state index contributed by atoms with van der Waals surface area (Å²) < 4.78 is 5.19. The van der Waals surface area contributed by atoms with Gasteiger partial charge in [0.2, 0.25) is 0 Å². The number of carbonyl (C=O) groups is 1. The molecule has 0 aliphatic carbocycles. The maximum atomic E-state index is 11.5. The van der Waals surface area contributed by atoms with Crippen molar-refractivity contribution in [3.05, 3.63) is 0 Å². The second kappa shape index (κ2) is 5.45. The van der Waals surface area contributed by atoms with Gasteiger partial charge in [-0.1, -0.05) is 6.42 Å². The van der Waals surface area contributed by atoms with Crippen LogP contribution in [0.2, 0.25) is 0 Å². The molecule has 0 saturated carbocycles. The molecule has 5 heteroatoms. The van der Waals surface area contributed by atoms with Crippen molar-refractivity contribution in [2.45, 2.75) is 76.6 Å². The van der Waals surface area contributed by atoms with Gasteiger partial charge in [0.15, 0.2) is 0 Å². The van der Waals surface area contributed by atoms with Crippen LogP contribution in [0.1, 0.15) is 52.9 Å². The van der Waals surface area contributed by atoms with E-state index in [0.29, 0.717) is 18.1 Å². The number of piperidine rings is 2. The van der Waals surface area contributed by atoms with E-state index in [4.69, 9.17) is 4.74 Å². The minimum Gasteiger partial charge on any atom is -0.443 e. The minimum absolute atomic E-state index is 0.356. The summed E-state index contributed by atoms with van der Waals surface area (Å²) in [6.07, 6.45) is 5.58. The van der Waals surface area contributed by atoms with Crippen LogP contribution in [-0.2, 0) is 4.74 Å². The fourth-order valence-corrected chi connectivity index (χ4v) is 2.85. The second-order valence-corrected chi connectivity index (χ2v) is 6.43. The molecular weight excluding hydrogens is 230 g/mol. The summed E-state index contributed by atoms with van der Waals surface area (Å²) in [7, 11) is 0. The molecule has 2 rings (SSSR count). The number of amides is 1. The number of hydrogen-bond donors (Lipinski definition) is 3. The monoisotopic (exact) mass is 255 g/mol. The first-order valence-electron chi connectivity index (χ1n) is 6.93. The molecule has 2 unspecified atom stereocenters. The van der Waals surface area contributed by atoms with Gasteiger partial charge in [-0.15, -0.1) is 0 Å². The first-order chi connectivity index (χ1) is 8.42. The SMILES string of the molecule is CC(C)(C)OC(=O)NNC1CC2CCCC(C1)N2. The van der Waals surface area contributed by atoms with Crippen LogP contribution in [0.3, 0.4) is 0 Å². The Balaban J connectivity index is 1.72. The first kappa shape index (κ1) is 13.6. The summed E-state index contributed by atoms with van der Waals surface area (Å²) in [6, 6.07) is 1.57. The van der Waals surface area contributed by atoms with E-state index in [1.165, 1.54) is 19.3 Å². The molecule has 0 radical (unpaired) electrons. The van der Waals surface area contributed by atoms with Gasteiger partial charge < -0.3 is 10.1 Å². The second-order valence-electron chi connectivity index (χ2n) is 6.43. The Morgan fingerprint density at radius 3 is 2.39 bits per heavy atom. The maximum Gasteiger partial charge on any atom is 0.422 e. The molecule has 2 heterocycles. The minimum atomic E-state index is -0.448. The van der Waals surface area contributed by atoms with E-state index in [-0.39, 0.29) is 0 Å². The number of hydrazine groups is 1. The number of nitrogens with one attached hydrogen (secondary N) is 3. The van der Waals surface area contributed by atoms with Gasteiger partial charge in [0.1, 0.15) is 5.60 Å². The van der Waals surface area contributed by atoms with Crippen molar-refractivity contribution in [2.75, 3.05) is 0 Å². The Morgan fingerprint density at radius 2 is 1.83 bits per heavy atom. The molecule has 2 aliphatic rings. The lowest BCUT2D eigenvalue weighted by Crippen LogP contribution is -2.57. The highest BCUT2D eigenvalue weighted by Gasteiger charge is 2.31. The van der Waals surface area contributed by atoms with Crippen molar-refractivity contribution < 1.29 is 9.53 Å². The van der Waals surface area contributed by atoms with E-state index in [9.17, 15) is 4.79 Å². The molecule has 0 aromatic heterocycles. The van der Waals surface area contributed by atoms with Crippen LogP contribution in [0.4, 0.5) is 4.79 Å². The van der Waals surface area contributed by atoms with Crippen molar-refractivity contribution in [3.63, 3.8) is 0 Å². The summed E-state index contributed by atoms with van der Waals surface area (Å²) in [5.41, 5.74) is 5.32. The summed E-state index contributed by atoms with van der Waals surface area (Å²) in [4.78, 5) is 11.5. The molecule has 2 atom stereocenters. The topological polar surface area (TPSA) is 62.4 Å². The number of rotatable bonds is 2. The molecule has 0 aromatic carbocycles. The van der Waals surface area contributed by atoms with Crippen molar-refractivity contribution in [2.24, 2.45) is 0 Å². The summed E-state index contributed by atoms with van der Waals surface area (Å²) in [5.74, 6) is 0. The smallest absolute Gasteiger partial charge is 0.422 e. The average molecular weight is 255 g/mol. The summed E-state index contributed by atoms with van der Waals surface area (Å²) >= 11 is 0. The predicted octanol–water partition coefficient (Wildman–Crippen LogP) is 1.69. The molecule has 3 N–H and O–H groups in total. The quantitative estimate of drug-likeness (QED) is 0.657. The number of carbonyl (C=O) groups excluding carboxylic acids is 1. The molecule has 2 bridgehead atoms. The highest BCUT2D eigenvalue weighted by molar-refractivity contribution is 5.67. The van der Waals surface area contributed by atoms with Gasteiger partial charge in [-0.2, -0.15) is 0 Å². The van der Waals surface area contributed by atoms with E-state index < -0.39 is 11.7 Å². The van der Waals surface area contributed by atoms with Gasteiger partial charge in [0.25, 0.3) is 0 Å². The van der Waals surface area contributed by atoms with Gasteiger partial charge in [-0.3, -0.25) is 5.43 Å². The lowest BCUT2D eigenvalue weighted by Gasteiger charge is -2.40. The van der Waals surface area contributed by atoms with Crippen LogP contribution in [0.25, 0.3) is 0 Å². The molecule has 0 aromatic rings. The molecular formula is C13H25N3O2. The predicted molar refractivity (Wildman–Crippen MR) is 70.1 cm³/mol. The van der Waals surface area contributed by atoms with E-state index in [1.54, 1.807) is 0 Å². The van der Waals surface area contributed by atoms with Gasteiger partial charge in [-0.05, 0) is 46.5 Å². The van der Waals surface area contributed by atoms with Crippen LogP contribution >= 0.6 is 0 Å². The highest BCUT2D eigenvalue weighted by Crippen LogP contribution is 2.25. The van der Waals surface area contributed by atoms with Crippen LogP contribution in [0.5, 0.6) is 0 Å². The molecule has 104 valence electrons. The van der Waals surface area contributed by atoms with Crippen molar-refractivity contribution in [1.82, 2.24) is 16.2 Å². The van der Waals surface area contributed by atoms with Gasteiger partial charge in [-0.25, -0.2) is 10.2 Å². The normalized spacial score (nSPS) is 31.8. The molecule has 1 amide bonds. The summed E-state index contributed by atoms with van der Waals surface area (Å²) in [6.45, 7) is 5.59. The third-order valence-electron chi connectivity index (χ3n) is 3.49. The lowest BCUT2D eigenvalue weighted by atomic mass is 9.84. The number of hydrogen-bond acceptors (Lipinski definition) is 4. The van der Waals surface area contributed by atoms with Crippen LogP contribution in [-0.4, -0.2) is 29.8 Å². The number of fused-ring (bicyclic) bond motifs is 2. The molecule has 18 heavy (non-hydrogen) atoms. The average Bonchev–Trinajstić information content (AvgIpc) is 2.23. The highest BCUT2D eigenvalue weighted by atomic mass is 16.6. The van der Waals surface area contributed by atoms with E-state index in [1.807, 2.05) is 20.8 Å². The molecule has 2 fully saturated rings. The zero-order chi connectivity index (χ0) is 13.2. The number of ether oxygens (including phenoxy) is 1. The van der Waals surface area contributed by atoms with Crippen LogP contribution in [0.15, 0.2) is 0 Å². The van der Waals surface area contributed by atoms with Gasteiger partial charge >= 0.3 is 6.09 Å². The van der Waals surface area contributed by atoms with Gasteiger partial charge in [0, 0.05) is 18.1 Å². The lowest BCUT2D eigenvalue weighted by molar-refractivity contribution is 0.0472. The van der Waals surface area contributed by atoms with E-state index in [0.717, 1.165) is 12.8 Å². The largest absolute Gasteiger partial charge is 0.443 e. The van der Waals surface area contributed by atoms with Crippen LogP contribution in [0, 0.1) is 0 Å². The Kier molecular flexibility index (Phi) is 4.12. The summed E-state index contributed by atoms with van der Waals surface area (Å²) in [5, 5.41) is 3.62. The Morgan fingerprint density at radius 1 is 1.22 bits per heavy atom. The first-order valence-corrected chi connectivity index (χ1v) is 6.93. The molecule has 5 nitrogen and oxygen atoms in total. The third kappa shape index (κ3) is 4.14. The molecule has 2 aliphatic heterocycles. The third-order valence-corrected chi connectivity index (χ3v) is 3.49.